The molecule has 116 valence electrons. The number of carbonyl (C=O) groups is 1. The molecule has 0 saturated carbocycles. The number of pyridine rings is 1. The molecule has 3 heterocycles. The molecule has 1 amide bonds. The number of anilines is 1. The van der Waals surface area contributed by atoms with Gasteiger partial charge in [-0.3, -0.25) is 4.79 Å². The van der Waals surface area contributed by atoms with Gasteiger partial charge in [0.05, 0.1) is 5.39 Å². The molecular weight excluding hydrogens is 278 g/mol. The summed E-state index contributed by atoms with van der Waals surface area (Å²) in [5.41, 5.74) is 0.696. The second kappa shape index (κ2) is 6.68. The smallest absolute Gasteiger partial charge is 0.222 e. The second-order valence-electron chi connectivity index (χ2n) is 5.57. The lowest BCUT2D eigenvalue weighted by Gasteiger charge is -2.27. The molecule has 2 aromatic heterocycles. The highest BCUT2D eigenvalue weighted by atomic mass is 16.2. The zero-order valence-corrected chi connectivity index (χ0v) is 12.8. The van der Waals surface area contributed by atoms with Crippen molar-refractivity contribution >= 4 is 22.8 Å². The first kappa shape index (κ1) is 14.7. The zero-order valence-electron chi connectivity index (χ0n) is 12.8. The van der Waals surface area contributed by atoms with Crippen molar-refractivity contribution < 1.29 is 4.79 Å². The van der Waals surface area contributed by atoms with Gasteiger partial charge in [-0.15, -0.1) is 0 Å². The molecule has 1 aliphatic rings. The third kappa shape index (κ3) is 3.00. The Hall–Kier alpha value is -2.24. The van der Waals surface area contributed by atoms with Gasteiger partial charge in [-0.1, -0.05) is 6.92 Å². The van der Waals surface area contributed by atoms with Crippen LogP contribution in [0, 0.1) is 0 Å². The summed E-state index contributed by atoms with van der Waals surface area (Å²) in [6.45, 7) is 3.82. The van der Waals surface area contributed by atoms with Crippen LogP contribution in [0.25, 0.3) is 11.0 Å². The van der Waals surface area contributed by atoms with Gasteiger partial charge in [0.15, 0.2) is 5.65 Å². The van der Waals surface area contributed by atoms with Crippen LogP contribution in [0.3, 0.4) is 0 Å². The quantitative estimate of drug-likeness (QED) is 0.885. The molecule has 1 fully saturated rings. The highest BCUT2D eigenvalue weighted by Crippen LogP contribution is 2.20. The van der Waals surface area contributed by atoms with Crippen molar-refractivity contribution in [1.82, 2.24) is 19.9 Å². The number of likely N-dealkylation sites (tertiary alicyclic amines) is 1. The number of hydrogen-bond acceptors (Lipinski definition) is 5. The van der Waals surface area contributed by atoms with Gasteiger partial charge in [0.2, 0.25) is 5.91 Å². The van der Waals surface area contributed by atoms with Gasteiger partial charge in [-0.25, -0.2) is 15.0 Å². The summed E-state index contributed by atoms with van der Waals surface area (Å²) in [7, 11) is 0. The number of fused-ring (bicyclic) bond motifs is 1. The maximum absolute atomic E-state index is 11.9. The lowest BCUT2D eigenvalue weighted by Crippen LogP contribution is -2.37. The summed E-state index contributed by atoms with van der Waals surface area (Å²) in [5.74, 6) is 1.10. The molecule has 1 aliphatic heterocycles. The summed E-state index contributed by atoms with van der Waals surface area (Å²) in [6.07, 6.45) is 6.86. The summed E-state index contributed by atoms with van der Waals surface area (Å²) in [4.78, 5) is 26.6. The number of carbonyl (C=O) groups excluding carboxylic acids is 1. The average Bonchev–Trinajstić information content (AvgIpc) is 2.98. The summed E-state index contributed by atoms with van der Waals surface area (Å²) >= 11 is 0. The molecule has 1 saturated heterocycles. The van der Waals surface area contributed by atoms with E-state index >= 15 is 0 Å². The first-order valence-electron chi connectivity index (χ1n) is 7.88. The fraction of sp³-hybridized carbons (Fsp3) is 0.500. The summed E-state index contributed by atoms with van der Waals surface area (Å²) in [6, 6.07) is 4.16. The molecule has 22 heavy (non-hydrogen) atoms. The van der Waals surface area contributed by atoms with Gasteiger partial charge in [0, 0.05) is 31.7 Å². The van der Waals surface area contributed by atoms with E-state index in [1.54, 1.807) is 6.20 Å². The molecule has 2 aromatic rings. The monoisotopic (exact) mass is 299 g/mol. The molecule has 0 aromatic carbocycles. The van der Waals surface area contributed by atoms with E-state index in [2.05, 4.69) is 27.2 Å². The fourth-order valence-corrected chi connectivity index (χ4v) is 3.03. The van der Waals surface area contributed by atoms with Crippen molar-refractivity contribution in [3.05, 3.63) is 24.7 Å². The molecule has 0 bridgehead atoms. The molecule has 0 spiro atoms. The van der Waals surface area contributed by atoms with Crippen molar-refractivity contribution in [2.75, 3.05) is 18.4 Å². The third-order valence-electron chi connectivity index (χ3n) is 4.20. The Morgan fingerprint density at radius 3 is 3.05 bits per heavy atom. The Balaban J connectivity index is 1.63. The number of rotatable bonds is 6. The van der Waals surface area contributed by atoms with Crippen LogP contribution in [0.1, 0.15) is 32.6 Å². The lowest BCUT2D eigenvalue weighted by molar-refractivity contribution is -0.129. The lowest BCUT2D eigenvalue weighted by atomic mass is 10.1. The van der Waals surface area contributed by atoms with Crippen LogP contribution in [0.15, 0.2) is 24.7 Å². The highest BCUT2D eigenvalue weighted by molar-refractivity contribution is 5.85. The normalized spacial score (nSPS) is 16.2. The summed E-state index contributed by atoms with van der Waals surface area (Å²) in [5, 5.41) is 4.29. The van der Waals surface area contributed by atoms with Crippen molar-refractivity contribution in [3.8, 4) is 0 Å². The zero-order chi connectivity index (χ0) is 15.4. The molecule has 0 radical (unpaired) electrons. The van der Waals surface area contributed by atoms with Gasteiger partial charge < -0.3 is 10.2 Å². The first-order valence-corrected chi connectivity index (χ1v) is 7.88. The minimum Gasteiger partial charge on any atom is -0.369 e. The second-order valence-corrected chi connectivity index (χ2v) is 5.57. The molecule has 1 unspecified atom stereocenters. The van der Waals surface area contributed by atoms with Crippen LogP contribution in [0.2, 0.25) is 0 Å². The first-order chi connectivity index (χ1) is 10.8. The third-order valence-corrected chi connectivity index (χ3v) is 4.20. The van der Waals surface area contributed by atoms with E-state index in [1.807, 2.05) is 17.0 Å². The van der Waals surface area contributed by atoms with Gasteiger partial charge in [-0.2, -0.15) is 0 Å². The standard InChI is InChI=1S/C16H21N5O/c1-2-12(21-10-4-6-14(21)22)7-9-18-16-13-5-3-8-17-15(13)19-11-20-16/h3,5,8,11-12H,2,4,6-7,9-10H2,1H3,(H,17,18,19,20). The summed E-state index contributed by atoms with van der Waals surface area (Å²) < 4.78 is 0. The molecule has 3 rings (SSSR count). The molecule has 6 heteroatoms. The van der Waals surface area contributed by atoms with Gasteiger partial charge in [0.25, 0.3) is 0 Å². The van der Waals surface area contributed by atoms with Crippen molar-refractivity contribution in [1.29, 1.82) is 0 Å². The Bertz CT molecular complexity index is 655. The number of nitrogens with zero attached hydrogens (tertiary/aromatic N) is 4. The van der Waals surface area contributed by atoms with Gasteiger partial charge >= 0.3 is 0 Å². The number of hydrogen-bond donors (Lipinski definition) is 1. The van der Waals surface area contributed by atoms with Crippen molar-refractivity contribution in [3.63, 3.8) is 0 Å². The highest BCUT2D eigenvalue weighted by Gasteiger charge is 2.26. The van der Waals surface area contributed by atoms with E-state index in [9.17, 15) is 4.79 Å². The topological polar surface area (TPSA) is 71.0 Å². The predicted octanol–water partition coefficient (Wildman–Crippen LogP) is 2.23. The van der Waals surface area contributed by atoms with E-state index in [0.29, 0.717) is 24.0 Å². The van der Waals surface area contributed by atoms with Crippen molar-refractivity contribution in [2.24, 2.45) is 0 Å². The van der Waals surface area contributed by atoms with E-state index < -0.39 is 0 Å². The molecule has 1 N–H and O–H groups in total. The Morgan fingerprint density at radius 2 is 2.27 bits per heavy atom. The van der Waals surface area contributed by atoms with Crippen LogP contribution >= 0.6 is 0 Å². The Morgan fingerprint density at radius 1 is 1.36 bits per heavy atom. The SMILES string of the molecule is CCC(CCNc1ncnc2ncccc12)N1CCCC1=O. The molecular formula is C16H21N5O. The molecule has 1 atom stereocenters. The minimum absolute atomic E-state index is 0.295. The van der Waals surface area contributed by atoms with Crippen LogP contribution in [0.5, 0.6) is 0 Å². The Kier molecular flexibility index (Phi) is 4.46. The van der Waals surface area contributed by atoms with Crippen LogP contribution in [-0.2, 0) is 4.79 Å². The van der Waals surface area contributed by atoms with E-state index in [0.717, 1.165) is 43.6 Å². The number of nitrogens with one attached hydrogen (secondary N) is 1. The van der Waals surface area contributed by atoms with E-state index in [-0.39, 0.29) is 0 Å². The average molecular weight is 299 g/mol. The van der Waals surface area contributed by atoms with E-state index in [4.69, 9.17) is 0 Å². The Labute approximate surface area is 130 Å². The van der Waals surface area contributed by atoms with Gasteiger partial charge in [0.1, 0.15) is 12.1 Å². The van der Waals surface area contributed by atoms with Crippen LogP contribution in [-0.4, -0.2) is 44.9 Å². The van der Waals surface area contributed by atoms with Crippen molar-refractivity contribution in [2.45, 2.75) is 38.6 Å². The maximum atomic E-state index is 11.9. The van der Waals surface area contributed by atoms with Crippen LogP contribution < -0.4 is 5.32 Å². The fourth-order valence-electron chi connectivity index (χ4n) is 3.03. The maximum Gasteiger partial charge on any atom is 0.222 e. The molecule has 6 nitrogen and oxygen atoms in total. The predicted molar refractivity (Wildman–Crippen MR) is 85.5 cm³/mol. The van der Waals surface area contributed by atoms with Crippen LogP contribution in [0.4, 0.5) is 5.82 Å². The largest absolute Gasteiger partial charge is 0.369 e. The number of amides is 1. The van der Waals surface area contributed by atoms with E-state index in [1.165, 1.54) is 6.33 Å². The molecule has 0 aliphatic carbocycles. The minimum atomic E-state index is 0.295. The van der Waals surface area contributed by atoms with Gasteiger partial charge in [-0.05, 0) is 31.4 Å². The number of aromatic nitrogens is 3.